The second-order valence-corrected chi connectivity index (χ2v) is 5.00. The smallest absolute Gasteiger partial charge is 0.190 e. The van der Waals surface area contributed by atoms with E-state index in [0.717, 1.165) is 22.9 Å². The fraction of sp³-hybridized carbons (Fsp3) is 0.308. The van der Waals surface area contributed by atoms with Gasteiger partial charge in [-0.05, 0) is 32.0 Å². The van der Waals surface area contributed by atoms with Crippen molar-refractivity contribution in [2.75, 3.05) is 18.5 Å². The van der Waals surface area contributed by atoms with E-state index in [1.807, 2.05) is 32.2 Å². The highest BCUT2D eigenvalue weighted by Gasteiger charge is 2.11. The van der Waals surface area contributed by atoms with Crippen molar-refractivity contribution in [2.24, 2.45) is 5.73 Å². The molecule has 0 aliphatic rings. The molecule has 0 fully saturated rings. The van der Waals surface area contributed by atoms with Crippen molar-refractivity contribution < 1.29 is 0 Å². The van der Waals surface area contributed by atoms with Crippen LogP contribution in [0.25, 0.3) is 0 Å². The van der Waals surface area contributed by atoms with Crippen molar-refractivity contribution in [3.8, 4) is 0 Å². The molecule has 0 bridgehead atoms. The molecule has 90 valence electrons. The molecule has 0 saturated heterocycles. The summed E-state index contributed by atoms with van der Waals surface area (Å²) >= 11 is 1.72. The van der Waals surface area contributed by atoms with Crippen molar-refractivity contribution in [3.05, 3.63) is 40.9 Å². The van der Waals surface area contributed by atoms with Gasteiger partial charge in [-0.3, -0.25) is 0 Å². The number of nitrogens with zero attached hydrogens (tertiary/aromatic N) is 2. The molecule has 0 unspecified atom stereocenters. The third-order valence-electron chi connectivity index (χ3n) is 2.68. The van der Waals surface area contributed by atoms with Gasteiger partial charge in [0.1, 0.15) is 0 Å². The molecule has 17 heavy (non-hydrogen) atoms. The molecule has 4 heteroatoms. The number of thiazole rings is 1. The van der Waals surface area contributed by atoms with E-state index in [2.05, 4.69) is 22.0 Å². The molecular weight excluding hydrogens is 230 g/mol. The monoisotopic (exact) mass is 247 g/mol. The Kier molecular flexibility index (Phi) is 3.76. The van der Waals surface area contributed by atoms with E-state index in [-0.39, 0.29) is 0 Å². The van der Waals surface area contributed by atoms with Crippen molar-refractivity contribution in [1.82, 2.24) is 4.98 Å². The molecule has 2 aromatic rings. The van der Waals surface area contributed by atoms with E-state index >= 15 is 0 Å². The fourth-order valence-electron chi connectivity index (χ4n) is 1.68. The minimum atomic E-state index is 0.678. The Morgan fingerprint density at radius 1 is 1.29 bits per heavy atom. The lowest BCUT2D eigenvalue weighted by atomic mass is 10.3. The van der Waals surface area contributed by atoms with E-state index in [1.54, 1.807) is 11.3 Å². The van der Waals surface area contributed by atoms with Crippen LogP contribution in [0, 0.1) is 6.92 Å². The Hall–Kier alpha value is -1.39. The lowest BCUT2D eigenvalue weighted by molar-refractivity contribution is 0.969. The number of para-hydroxylation sites is 1. The average molecular weight is 247 g/mol. The lowest BCUT2D eigenvalue weighted by Gasteiger charge is -2.15. The van der Waals surface area contributed by atoms with Crippen molar-refractivity contribution in [2.45, 2.75) is 13.3 Å². The van der Waals surface area contributed by atoms with Crippen LogP contribution in [0.5, 0.6) is 0 Å². The molecule has 0 radical (unpaired) electrons. The first-order valence-electron chi connectivity index (χ1n) is 5.67. The number of hydrogen-bond donors (Lipinski definition) is 1. The number of nitrogens with two attached hydrogens (primary N) is 1. The molecule has 0 saturated carbocycles. The summed E-state index contributed by atoms with van der Waals surface area (Å²) in [5, 5.41) is 1.03. The minimum Gasteiger partial charge on any atom is -0.330 e. The Morgan fingerprint density at radius 2 is 2.00 bits per heavy atom. The molecule has 2 N–H and O–H groups in total. The summed E-state index contributed by atoms with van der Waals surface area (Å²) in [4.78, 5) is 7.99. The predicted octanol–water partition coefficient (Wildman–Crippen LogP) is 2.72. The van der Waals surface area contributed by atoms with E-state index in [1.165, 1.54) is 4.88 Å². The first-order chi connectivity index (χ1) is 8.22. The van der Waals surface area contributed by atoms with E-state index < -0.39 is 0 Å². The molecule has 0 spiro atoms. The number of benzene rings is 1. The maximum Gasteiger partial charge on any atom is 0.190 e. The summed E-state index contributed by atoms with van der Waals surface area (Å²) in [6.07, 6.45) is 0.909. The standard InChI is InChI=1S/C13H17N3S/c1-10-12(8-9-14)17-13(15-10)16(2)11-6-4-3-5-7-11/h3-7H,8-9,14H2,1-2H3. The quantitative estimate of drug-likeness (QED) is 0.903. The van der Waals surface area contributed by atoms with E-state index in [4.69, 9.17) is 5.73 Å². The molecule has 0 aliphatic carbocycles. The summed E-state index contributed by atoms with van der Waals surface area (Å²) in [5.41, 5.74) is 7.84. The number of aryl methyl sites for hydroxylation is 1. The Balaban J connectivity index is 2.25. The maximum atomic E-state index is 5.59. The first-order valence-corrected chi connectivity index (χ1v) is 6.49. The second kappa shape index (κ2) is 5.29. The van der Waals surface area contributed by atoms with Crippen molar-refractivity contribution in [3.63, 3.8) is 0 Å². The average Bonchev–Trinajstić information content (AvgIpc) is 2.72. The zero-order valence-corrected chi connectivity index (χ0v) is 11.0. The van der Waals surface area contributed by atoms with Crippen LogP contribution in [-0.2, 0) is 6.42 Å². The van der Waals surface area contributed by atoms with Gasteiger partial charge >= 0.3 is 0 Å². The normalized spacial score (nSPS) is 10.5. The van der Waals surface area contributed by atoms with Crippen LogP contribution < -0.4 is 10.6 Å². The molecule has 1 aromatic heterocycles. The van der Waals surface area contributed by atoms with Crippen LogP contribution >= 0.6 is 11.3 Å². The van der Waals surface area contributed by atoms with E-state index in [9.17, 15) is 0 Å². The van der Waals surface area contributed by atoms with Gasteiger partial charge in [0.05, 0.1) is 5.69 Å². The Labute approximate surface area is 106 Å². The topological polar surface area (TPSA) is 42.2 Å². The highest BCUT2D eigenvalue weighted by molar-refractivity contribution is 7.15. The largest absolute Gasteiger partial charge is 0.330 e. The summed E-state index contributed by atoms with van der Waals surface area (Å²) in [5.74, 6) is 0. The molecule has 2 rings (SSSR count). The Bertz CT molecular complexity index is 479. The third kappa shape index (κ3) is 2.65. The molecule has 0 atom stereocenters. The van der Waals surface area contributed by atoms with Crippen LogP contribution in [-0.4, -0.2) is 18.6 Å². The SMILES string of the molecule is Cc1nc(N(C)c2ccccc2)sc1CCN. The van der Waals surface area contributed by atoms with Gasteiger partial charge in [0, 0.05) is 17.6 Å². The van der Waals surface area contributed by atoms with Crippen LogP contribution in [0.2, 0.25) is 0 Å². The van der Waals surface area contributed by atoms with Gasteiger partial charge in [0.15, 0.2) is 5.13 Å². The van der Waals surface area contributed by atoms with Gasteiger partial charge in [-0.1, -0.05) is 18.2 Å². The van der Waals surface area contributed by atoms with Crippen molar-refractivity contribution in [1.29, 1.82) is 0 Å². The van der Waals surface area contributed by atoms with Crippen LogP contribution in [0.1, 0.15) is 10.6 Å². The first kappa shape index (κ1) is 12.1. The fourth-order valence-corrected chi connectivity index (χ4v) is 2.74. The van der Waals surface area contributed by atoms with Crippen molar-refractivity contribution >= 4 is 22.2 Å². The number of aromatic nitrogens is 1. The van der Waals surface area contributed by atoms with Gasteiger partial charge in [0.25, 0.3) is 0 Å². The maximum absolute atomic E-state index is 5.59. The summed E-state index contributed by atoms with van der Waals surface area (Å²) in [6, 6.07) is 10.3. The van der Waals surface area contributed by atoms with Gasteiger partial charge in [-0.15, -0.1) is 11.3 Å². The van der Waals surface area contributed by atoms with Gasteiger partial charge in [-0.2, -0.15) is 0 Å². The molecular formula is C13H17N3S. The molecule has 1 heterocycles. The van der Waals surface area contributed by atoms with Gasteiger partial charge in [0.2, 0.25) is 0 Å². The predicted molar refractivity (Wildman–Crippen MR) is 74.1 cm³/mol. The summed E-state index contributed by atoms with van der Waals surface area (Å²) in [6.45, 7) is 2.72. The van der Waals surface area contributed by atoms with Gasteiger partial charge in [-0.25, -0.2) is 4.98 Å². The zero-order valence-electron chi connectivity index (χ0n) is 10.2. The number of hydrogen-bond acceptors (Lipinski definition) is 4. The number of rotatable bonds is 4. The second-order valence-electron chi connectivity index (χ2n) is 3.94. The highest BCUT2D eigenvalue weighted by Crippen LogP contribution is 2.30. The molecule has 3 nitrogen and oxygen atoms in total. The minimum absolute atomic E-state index is 0.678. The van der Waals surface area contributed by atoms with Crippen LogP contribution in [0.3, 0.4) is 0 Å². The summed E-state index contributed by atoms with van der Waals surface area (Å²) in [7, 11) is 2.04. The molecule has 0 aliphatic heterocycles. The van der Waals surface area contributed by atoms with Gasteiger partial charge < -0.3 is 10.6 Å². The molecule has 1 aromatic carbocycles. The molecule has 0 amide bonds. The van der Waals surface area contributed by atoms with E-state index in [0.29, 0.717) is 6.54 Å². The zero-order chi connectivity index (χ0) is 12.3. The van der Waals surface area contributed by atoms with Crippen LogP contribution in [0.4, 0.5) is 10.8 Å². The Morgan fingerprint density at radius 3 is 2.65 bits per heavy atom. The highest BCUT2D eigenvalue weighted by atomic mass is 32.1. The van der Waals surface area contributed by atoms with Crippen LogP contribution in [0.15, 0.2) is 30.3 Å². The lowest BCUT2D eigenvalue weighted by Crippen LogP contribution is -2.08. The third-order valence-corrected chi connectivity index (χ3v) is 3.98. The summed E-state index contributed by atoms with van der Waals surface area (Å²) < 4.78 is 0. The number of anilines is 2.